The smallest absolute Gasteiger partial charge is 0.343 e. The Morgan fingerprint density at radius 1 is 1.16 bits per heavy atom. The van der Waals surface area contributed by atoms with Crippen molar-refractivity contribution in [3.05, 3.63) is 51.5 Å². The van der Waals surface area contributed by atoms with E-state index in [1.807, 2.05) is 0 Å². The fraction of sp³-hybridized carbons (Fsp3) is 0.263. The minimum atomic E-state index is -0.575. The summed E-state index contributed by atoms with van der Waals surface area (Å²) in [6.07, 6.45) is 0. The van der Waals surface area contributed by atoms with Gasteiger partial charge in [-0.3, -0.25) is 4.79 Å². The molecule has 0 aliphatic heterocycles. The molecule has 0 spiro atoms. The zero-order valence-electron chi connectivity index (χ0n) is 14.4. The number of carbonyl (C=O) groups is 2. The monoisotopic (exact) mass is 406 g/mol. The molecule has 2 aromatic carbocycles. The molecule has 0 fully saturated rings. The van der Waals surface area contributed by atoms with Crippen LogP contribution in [0.4, 0.5) is 0 Å². The molecule has 0 aromatic heterocycles. The Labute approximate surface area is 154 Å². The number of aromatic hydroxyl groups is 1. The van der Waals surface area contributed by atoms with Gasteiger partial charge in [0.25, 0.3) is 0 Å². The molecule has 0 aliphatic rings. The number of aryl methyl sites for hydroxylation is 1. The van der Waals surface area contributed by atoms with E-state index >= 15 is 0 Å². The summed E-state index contributed by atoms with van der Waals surface area (Å²) in [6.45, 7) is 5.21. The van der Waals surface area contributed by atoms with Crippen LogP contribution >= 0.6 is 15.9 Å². The average Bonchev–Trinajstić information content (AvgIpc) is 2.60. The van der Waals surface area contributed by atoms with Gasteiger partial charge in [-0.2, -0.15) is 0 Å². The molecule has 0 atom stereocenters. The molecule has 0 amide bonds. The predicted octanol–water partition coefficient (Wildman–Crippen LogP) is 4.53. The van der Waals surface area contributed by atoms with E-state index in [-0.39, 0.29) is 33.2 Å². The van der Waals surface area contributed by atoms with Gasteiger partial charge in [0.2, 0.25) is 0 Å². The van der Waals surface area contributed by atoms with Crippen molar-refractivity contribution < 1.29 is 24.2 Å². The summed E-state index contributed by atoms with van der Waals surface area (Å²) in [5.74, 6) is -0.448. The van der Waals surface area contributed by atoms with Crippen molar-refractivity contribution in [3.8, 4) is 17.2 Å². The highest BCUT2D eigenvalue weighted by Gasteiger charge is 2.23. The topological polar surface area (TPSA) is 72.8 Å². The number of hydrogen-bond acceptors (Lipinski definition) is 5. The van der Waals surface area contributed by atoms with Crippen molar-refractivity contribution in [2.75, 3.05) is 7.11 Å². The Bertz CT molecular complexity index is 810. The van der Waals surface area contributed by atoms with E-state index in [1.54, 1.807) is 45.0 Å². The van der Waals surface area contributed by atoms with Gasteiger partial charge in [0.1, 0.15) is 16.0 Å². The first kappa shape index (κ1) is 19.0. The number of phenolic OH excluding ortho intramolecular Hbond substituents is 1. The third-order valence-corrected chi connectivity index (χ3v) is 4.43. The molecule has 5 nitrogen and oxygen atoms in total. The number of rotatable bonds is 5. The summed E-state index contributed by atoms with van der Waals surface area (Å²) in [4.78, 5) is 24.5. The zero-order valence-corrected chi connectivity index (χ0v) is 16.0. The van der Waals surface area contributed by atoms with Crippen LogP contribution in [0.25, 0.3) is 0 Å². The Morgan fingerprint density at radius 2 is 1.76 bits per heavy atom. The van der Waals surface area contributed by atoms with Crippen molar-refractivity contribution in [3.63, 3.8) is 0 Å². The minimum absolute atomic E-state index is 0.179. The second kappa shape index (κ2) is 7.70. The van der Waals surface area contributed by atoms with E-state index < -0.39 is 5.97 Å². The molecule has 0 radical (unpaired) electrons. The van der Waals surface area contributed by atoms with Crippen LogP contribution in [0.2, 0.25) is 0 Å². The van der Waals surface area contributed by atoms with E-state index in [9.17, 15) is 14.7 Å². The van der Waals surface area contributed by atoms with E-state index in [0.717, 1.165) is 0 Å². The Balaban J connectivity index is 2.34. The molecule has 2 rings (SSSR count). The van der Waals surface area contributed by atoms with Crippen LogP contribution in [0.3, 0.4) is 0 Å². The quantitative estimate of drug-likeness (QED) is 0.448. The van der Waals surface area contributed by atoms with Crippen LogP contribution in [-0.2, 0) is 0 Å². The molecule has 1 N–H and O–H groups in total. The minimum Gasteiger partial charge on any atom is -0.506 e. The molecule has 0 heterocycles. The molecule has 6 heteroatoms. The number of methoxy groups -OCH3 is 1. The van der Waals surface area contributed by atoms with Gasteiger partial charge in [0, 0.05) is 5.92 Å². The van der Waals surface area contributed by atoms with E-state index in [0.29, 0.717) is 16.9 Å². The number of esters is 1. The van der Waals surface area contributed by atoms with Crippen molar-refractivity contribution in [2.45, 2.75) is 20.8 Å². The maximum atomic E-state index is 12.3. The molecular formula is C19H19BrO5. The molecule has 0 unspecified atom stereocenters. The lowest BCUT2D eigenvalue weighted by atomic mass is 9.98. The number of ether oxygens (including phenoxy) is 2. The molecular weight excluding hydrogens is 388 g/mol. The number of Topliss-reactive ketones (excluding diaryl/α,β-unsaturated/α-hetero) is 1. The molecule has 0 saturated heterocycles. The second-order valence-electron chi connectivity index (χ2n) is 5.87. The van der Waals surface area contributed by atoms with Crippen LogP contribution in [0.5, 0.6) is 17.2 Å². The third-order valence-electron chi connectivity index (χ3n) is 3.69. The van der Waals surface area contributed by atoms with Gasteiger partial charge in [-0.15, -0.1) is 0 Å². The van der Waals surface area contributed by atoms with Crippen LogP contribution in [0, 0.1) is 12.8 Å². The van der Waals surface area contributed by atoms with Gasteiger partial charge in [-0.25, -0.2) is 4.79 Å². The number of hydrogen-bond donors (Lipinski definition) is 1. The van der Waals surface area contributed by atoms with Crippen molar-refractivity contribution in [2.24, 2.45) is 5.92 Å². The van der Waals surface area contributed by atoms with Gasteiger partial charge in [0.15, 0.2) is 11.5 Å². The summed E-state index contributed by atoms with van der Waals surface area (Å²) in [5, 5.41) is 10.3. The summed E-state index contributed by atoms with van der Waals surface area (Å²) in [5.41, 5.74) is 1.10. The number of ketones is 1. The van der Waals surface area contributed by atoms with Gasteiger partial charge in [-0.1, -0.05) is 13.8 Å². The molecule has 0 aliphatic carbocycles. The maximum Gasteiger partial charge on any atom is 0.343 e. The van der Waals surface area contributed by atoms with Crippen LogP contribution < -0.4 is 9.47 Å². The first-order valence-electron chi connectivity index (χ1n) is 7.68. The van der Waals surface area contributed by atoms with Gasteiger partial charge in [0.05, 0.1) is 18.2 Å². The lowest BCUT2D eigenvalue weighted by Gasteiger charge is -2.15. The van der Waals surface area contributed by atoms with E-state index in [1.165, 1.54) is 13.2 Å². The highest BCUT2D eigenvalue weighted by atomic mass is 79.9. The highest BCUT2D eigenvalue weighted by molar-refractivity contribution is 9.10. The number of phenols is 1. The first-order valence-corrected chi connectivity index (χ1v) is 8.48. The molecule has 2 aromatic rings. The van der Waals surface area contributed by atoms with E-state index in [4.69, 9.17) is 9.47 Å². The van der Waals surface area contributed by atoms with Gasteiger partial charge in [-0.05, 0) is 58.7 Å². The molecule has 25 heavy (non-hydrogen) atoms. The predicted molar refractivity (Wildman–Crippen MR) is 97.7 cm³/mol. The van der Waals surface area contributed by atoms with E-state index in [2.05, 4.69) is 15.9 Å². The Kier molecular flexibility index (Phi) is 5.85. The summed E-state index contributed by atoms with van der Waals surface area (Å²) in [6, 6.07) is 8.00. The normalized spacial score (nSPS) is 10.6. The largest absolute Gasteiger partial charge is 0.506 e. The van der Waals surface area contributed by atoms with Gasteiger partial charge < -0.3 is 14.6 Å². The number of carbonyl (C=O) groups excluding carboxylic acids is 2. The zero-order chi connectivity index (χ0) is 18.7. The molecule has 0 saturated carbocycles. The lowest BCUT2D eigenvalue weighted by molar-refractivity contribution is 0.0732. The van der Waals surface area contributed by atoms with Crippen LogP contribution in [0.1, 0.15) is 40.1 Å². The highest BCUT2D eigenvalue weighted by Crippen LogP contribution is 2.40. The fourth-order valence-corrected chi connectivity index (χ4v) is 2.86. The van der Waals surface area contributed by atoms with Gasteiger partial charge >= 0.3 is 5.97 Å². The third kappa shape index (κ3) is 4.02. The van der Waals surface area contributed by atoms with Crippen LogP contribution in [0.15, 0.2) is 34.8 Å². The first-order chi connectivity index (χ1) is 11.8. The van der Waals surface area contributed by atoms with Crippen molar-refractivity contribution in [1.29, 1.82) is 0 Å². The number of halogens is 1. The van der Waals surface area contributed by atoms with Crippen LogP contribution in [-0.4, -0.2) is 24.0 Å². The molecule has 0 bridgehead atoms. The SMILES string of the molecule is COc1ccc(C(=O)Oc2c(C)cc(C(=O)C(C)C)c(O)c2Br)cc1. The van der Waals surface area contributed by atoms with Crippen molar-refractivity contribution in [1.82, 2.24) is 0 Å². The standard InChI is InChI=1S/C19H19BrO5/c1-10(2)16(21)14-9-11(3)18(15(20)17(14)22)25-19(23)12-5-7-13(24-4)8-6-12/h5-10,22H,1-4H3. The Morgan fingerprint density at radius 3 is 2.28 bits per heavy atom. The summed E-state index contributed by atoms with van der Waals surface area (Å²) in [7, 11) is 1.54. The maximum absolute atomic E-state index is 12.3. The average molecular weight is 407 g/mol. The summed E-state index contributed by atoms with van der Waals surface area (Å²) < 4.78 is 10.6. The lowest BCUT2D eigenvalue weighted by Crippen LogP contribution is -2.12. The van der Waals surface area contributed by atoms with Crippen molar-refractivity contribution >= 4 is 27.7 Å². The summed E-state index contributed by atoms with van der Waals surface area (Å²) >= 11 is 3.22. The number of benzene rings is 2. The second-order valence-corrected chi connectivity index (χ2v) is 6.66. The fourth-order valence-electron chi connectivity index (χ4n) is 2.25. The Hall–Kier alpha value is -2.34. The molecule has 132 valence electrons.